The second-order valence-electron chi connectivity index (χ2n) is 4.82. The Labute approximate surface area is 108 Å². The van der Waals surface area contributed by atoms with E-state index in [4.69, 9.17) is 0 Å². The zero-order chi connectivity index (χ0) is 9.90. The third-order valence-electron chi connectivity index (χ3n) is 2.96. The SMILES string of the molecule is CC(C)CC[N+]1(C)CCS(=O)CC1.[I-]. The number of quaternary nitrogens is 1. The molecule has 0 aromatic carbocycles. The molecular weight excluding hydrogens is 309 g/mol. The van der Waals surface area contributed by atoms with E-state index in [0.29, 0.717) is 0 Å². The van der Waals surface area contributed by atoms with Crippen LogP contribution in [0, 0.1) is 5.92 Å². The zero-order valence-corrected chi connectivity index (χ0v) is 12.4. The van der Waals surface area contributed by atoms with Crippen LogP contribution in [0.2, 0.25) is 0 Å². The Morgan fingerprint density at radius 2 is 1.79 bits per heavy atom. The monoisotopic (exact) mass is 331 g/mol. The van der Waals surface area contributed by atoms with Crippen LogP contribution in [0.5, 0.6) is 0 Å². The molecular formula is C10H22INOS. The summed E-state index contributed by atoms with van der Waals surface area (Å²) >= 11 is 0. The molecule has 4 heteroatoms. The van der Waals surface area contributed by atoms with E-state index in [9.17, 15) is 4.21 Å². The second-order valence-corrected chi connectivity index (χ2v) is 6.52. The third-order valence-corrected chi connectivity index (χ3v) is 4.24. The molecule has 1 heterocycles. The van der Waals surface area contributed by atoms with Crippen molar-refractivity contribution in [3.8, 4) is 0 Å². The second kappa shape index (κ2) is 6.43. The van der Waals surface area contributed by atoms with Crippen LogP contribution >= 0.6 is 0 Å². The molecule has 0 aliphatic carbocycles. The van der Waals surface area contributed by atoms with E-state index in [1.807, 2.05) is 0 Å². The van der Waals surface area contributed by atoms with Crippen LogP contribution in [0.3, 0.4) is 0 Å². The molecule has 0 unspecified atom stereocenters. The van der Waals surface area contributed by atoms with Crippen molar-refractivity contribution in [2.75, 3.05) is 38.2 Å². The van der Waals surface area contributed by atoms with E-state index in [1.165, 1.54) is 13.0 Å². The Balaban J connectivity index is 0.00000169. The lowest BCUT2D eigenvalue weighted by Crippen LogP contribution is -3.00. The minimum Gasteiger partial charge on any atom is -1.00 e. The zero-order valence-electron chi connectivity index (χ0n) is 9.46. The first-order valence-corrected chi connectivity index (χ1v) is 6.69. The first kappa shape index (κ1) is 14.8. The first-order chi connectivity index (χ1) is 6.02. The largest absolute Gasteiger partial charge is 1.00 e. The lowest BCUT2D eigenvalue weighted by Gasteiger charge is -2.37. The Bertz CT molecular complexity index is 187. The Morgan fingerprint density at radius 3 is 2.21 bits per heavy atom. The Kier molecular flexibility index (Phi) is 6.81. The maximum atomic E-state index is 11.2. The Morgan fingerprint density at radius 1 is 1.29 bits per heavy atom. The van der Waals surface area contributed by atoms with E-state index < -0.39 is 10.8 Å². The molecule has 86 valence electrons. The molecule has 1 rings (SSSR count). The van der Waals surface area contributed by atoms with E-state index in [1.54, 1.807) is 0 Å². The highest BCUT2D eigenvalue weighted by Gasteiger charge is 2.27. The lowest BCUT2D eigenvalue weighted by molar-refractivity contribution is -0.906. The summed E-state index contributed by atoms with van der Waals surface area (Å²) in [7, 11) is 1.79. The summed E-state index contributed by atoms with van der Waals surface area (Å²) in [6.07, 6.45) is 1.29. The van der Waals surface area contributed by atoms with Crippen molar-refractivity contribution in [2.45, 2.75) is 20.3 Å². The van der Waals surface area contributed by atoms with Gasteiger partial charge in [-0.3, -0.25) is 4.21 Å². The van der Waals surface area contributed by atoms with Gasteiger partial charge in [0.25, 0.3) is 0 Å². The van der Waals surface area contributed by atoms with Gasteiger partial charge >= 0.3 is 0 Å². The number of nitrogens with zero attached hydrogens (tertiary/aromatic N) is 1. The smallest absolute Gasteiger partial charge is 0.0902 e. The van der Waals surface area contributed by atoms with Crippen LogP contribution in [-0.4, -0.2) is 46.9 Å². The van der Waals surface area contributed by atoms with Crippen molar-refractivity contribution >= 4 is 10.8 Å². The Hall–Kier alpha value is 0.840. The number of hydrogen-bond acceptors (Lipinski definition) is 1. The number of halogens is 1. The van der Waals surface area contributed by atoms with Crippen LogP contribution in [0.15, 0.2) is 0 Å². The van der Waals surface area contributed by atoms with E-state index in [2.05, 4.69) is 20.9 Å². The van der Waals surface area contributed by atoms with Gasteiger partial charge in [-0.15, -0.1) is 0 Å². The molecule has 0 saturated carbocycles. The number of hydrogen-bond donors (Lipinski definition) is 0. The van der Waals surface area contributed by atoms with Gasteiger partial charge in [0.15, 0.2) is 0 Å². The van der Waals surface area contributed by atoms with Crippen molar-refractivity contribution < 1.29 is 32.7 Å². The van der Waals surface area contributed by atoms with Crippen LogP contribution in [-0.2, 0) is 10.8 Å². The molecule has 0 atom stereocenters. The highest BCUT2D eigenvalue weighted by molar-refractivity contribution is 7.85. The van der Waals surface area contributed by atoms with E-state index in [0.717, 1.165) is 35.0 Å². The van der Waals surface area contributed by atoms with E-state index in [-0.39, 0.29) is 24.0 Å². The fraction of sp³-hybridized carbons (Fsp3) is 1.00. The van der Waals surface area contributed by atoms with Gasteiger partial charge in [0.1, 0.15) is 0 Å². The van der Waals surface area contributed by atoms with Crippen LogP contribution < -0.4 is 24.0 Å². The quantitative estimate of drug-likeness (QED) is 0.443. The summed E-state index contributed by atoms with van der Waals surface area (Å²) in [5, 5.41) is 0. The highest BCUT2D eigenvalue weighted by Crippen LogP contribution is 2.12. The first-order valence-electron chi connectivity index (χ1n) is 5.20. The molecule has 1 aliphatic heterocycles. The molecule has 0 bridgehead atoms. The van der Waals surface area contributed by atoms with Crippen LogP contribution in [0.4, 0.5) is 0 Å². The van der Waals surface area contributed by atoms with Crippen molar-refractivity contribution in [3.05, 3.63) is 0 Å². The van der Waals surface area contributed by atoms with Crippen LogP contribution in [0.25, 0.3) is 0 Å². The van der Waals surface area contributed by atoms with Gasteiger partial charge in [0.05, 0.1) is 38.2 Å². The average molecular weight is 331 g/mol. The molecule has 0 N–H and O–H groups in total. The highest BCUT2D eigenvalue weighted by atomic mass is 127. The molecule has 0 amide bonds. The molecule has 0 aromatic heterocycles. The standard InChI is InChI=1S/C10H22NOS.HI/c1-10(2)4-5-11(3)6-8-13(12)9-7-11;/h10H,4-9H2,1-3H3;1H/q+1;/p-1. The summed E-state index contributed by atoms with van der Waals surface area (Å²) in [5.74, 6) is 2.62. The van der Waals surface area contributed by atoms with Gasteiger partial charge in [0.2, 0.25) is 0 Å². The van der Waals surface area contributed by atoms with Gasteiger partial charge < -0.3 is 28.5 Å². The van der Waals surface area contributed by atoms with Gasteiger partial charge in [-0.1, -0.05) is 13.8 Å². The van der Waals surface area contributed by atoms with Gasteiger partial charge in [-0.2, -0.15) is 0 Å². The van der Waals surface area contributed by atoms with Gasteiger partial charge in [0, 0.05) is 10.8 Å². The topological polar surface area (TPSA) is 17.1 Å². The minimum atomic E-state index is -0.517. The van der Waals surface area contributed by atoms with Crippen molar-refractivity contribution in [1.29, 1.82) is 0 Å². The molecule has 2 nitrogen and oxygen atoms in total. The van der Waals surface area contributed by atoms with Gasteiger partial charge in [-0.25, -0.2) is 0 Å². The summed E-state index contributed by atoms with van der Waals surface area (Å²) in [4.78, 5) is 0. The van der Waals surface area contributed by atoms with Crippen molar-refractivity contribution in [2.24, 2.45) is 5.92 Å². The normalized spacial score (nSPS) is 32.7. The fourth-order valence-electron chi connectivity index (χ4n) is 1.65. The number of rotatable bonds is 3. The molecule has 1 saturated heterocycles. The molecule has 0 radical (unpaired) electrons. The van der Waals surface area contributed by atoms with Crippen LogP contribution in [0.1, 0.15) is 20.3 Å². The summed E-state index contributed by atoms with van der Waals surface area (Å²) in [6.45, 7) is 8.02. The van der Waals surface area contributed by atoms with E-state index >= 15 is 0 Å². The maximum absolute atomic E-state index is 11.2. The average Bonchev–Trinajstić information content (AvgIpc) is 2.08. The van der Waals surface area contributed by atoms with Crippen molar-refractivity contribution in [3.63, 3.8) is 0 Å². The summed E-state index contributed by atoms with van der Waals surface area (Å²) < 4.78 is 12.3. The predicted octanol–water partition coefficient (Wildman–Crippen LogP) is -1.75. The minimum absolute atomic E-state index is 0. The third kappa shape index (κ3) is 5.07. The summed E-state index contributed by atoms with van der Waals surface area (Å²) in [5.41, 5.74) is 0. The lowest BCUT2D eigenvalue weighted by atomic mass is 10.1. The molecule has 14 heavy (non-hydrogen) atoms. The molecule has 1 aliphatic rings. The fourth-order valence-corrected chi connectivity index (χ4v) is 3.14. The maximum Gasteiger partial charge on any atom is 0.0902 e. The van der Waals surface area contributed by atoms with Gasteiger partial charge in [-0.05, 0) is 12.3 Å². The molecule has 0 spiro atoms. The predicted molar refractivity (Wildman–Crippen MR) is 58.1 cm³/mol. The van der Waals surface area contributed by atoms with Crippen molar-refractivity contribution in [1.82, 2.24) is 0 Å². The molecule has 1 fully saturated rings. The summed E-state index contributed by atoms with van der Waals surface area (Å²) in [6, 6.07) is 0. The molecule has 0 aromatic rings.